The molecule has 0 heterocycles. The van der Waals surface area contributed by atoms with Gasteiger partial charge in [-0.05, 0) is 13.8 Å². The van der Waals surface area contributed by atoms with Crippen molar-refractivity contribution in [3.63, 3.8) is 0 Å². The van der Waals surface area contributed by atoms with Gasteiger partial charge in [0, 0.05) is 0 Å². The van der Waals surface area contributed by atoms with E-state index in [1.165, 1.54) is 0 Å². The van der Waals surface area contributed by atoms with Crippen LogP contribution in [0.4, 0.5) is 0 Å². The summed E-state index contributed by atoms with van der Waals surface area (Å²) < 4.78 is 0. The van der Waals surface area contributed by atoms with Gasteiger partial charge in [-0.2, -0.15) is 0 Å². The summed E-state index contributed by atoms with van der Waals surface area (Å²) in [6, 6.07) is 0. The molecule has 0 aromatic heterocycles. The van der Waals surface area contributed by atoms with Crippen LogP contribution in [0.15, 0.2) is 24.3 Å². The summed E-state index contributed by atoms with van der Waals surface area (Å²) in [7, 11) is 0. The van der Waals surface area contributed by atoms with Crippen molar-refractivity contribution in [2.75, 3.05) is 0 Å². The van der Waals surface area contributed by atoms with Crippen molar-refractivity contribution in [2.45, 2.75) is 20.0 Å². The summed E-state index contributed by atoms with van der Waals surface area (Å²) in [6.45, 7) is 3.60. The van der Waals surface area contributed by atoms with Crippen LogP contribution in [0, 0.1) is 0 Å². The third-order valence-electron chi connectivity index (χ3n) is 0.837. The summed E-state index contributed by atoms with van der Waals surface area (Å²) >= 11 is 0. The summed E-state index contributed by atoms with van der Waals surface area (Å²) in [5.74, 6) is 0. The van der Waals surface area contributed by atoms with E-state index in [1.54, 1.807) is 19.1 Å². The third-order valence-corrected chi connectivity index (χ3v) is 0.837. The maximum Gasteiger partial charge on any atom is 0.0606 e. The molecule has 52 valence electrons. The van der Waals surface area contributed by atoms with Gasteiger partial charge < -0.3 is 10.1 Å². The summed E-state index contributed by atoms with van der Waals surface area (Å²) in [5, 5.41) is 9.65. The minimum atomic E-state index is -0.332. The molecular weight excluding hydrogens is 116 g/mol. The number of allylic oxidation sites excluding steroid dienone is 3. The largest absolute Gasteiger partial charge is 0.723 e. The highest BCUT2D eigenvalue weighted by atomic mass is 17.1. The highest BCUT2D eigenvalue weighted by molar-refractivity contribution is 5.02. The van der Waals surface area contributed by atoms with Crippen molar-refractivity contribution in [3.05, 3.63) is 24.3 Å². The normalized spacial score (nSPS) is 15.4. The monoisotopic (exact) mass is 127 g/mol. The Morgan fingerprint density at radius 3 is 2.56 bits per heavy atom. The second kappa shape index (κ2) is 5.54. The lowest BCUT2D eigenvalue weighted by Gasteiger charge is -2.10. The minimum Gasteiger partial charge on any atom is -0.723 e. The van der Waals surface area contributed by atoms with Crippen LogP contribution < -0.4 is 5.26 Å². The molecule has 0 saturated carbocycles. The minimum absolute atomic E-state index is 0.332. The Morgan fingerprint density at radius 2 is 2.11 bits per heavy atom. The van der Waals surface area contributed by atoms with Crippen LogP contribution in [0.1, 0.15) is 13.8 Å². The molecule has 1 atom stereocenters. The van der Waals surface area contributed by atoms with Gasteiger partial charge in [-0.25, -0.2) is 0 Å². The molecule has 0 aliphatic carbocycles. The van der Waals surface area contributed by atoms with Crippen LogP contribution in [-0.4, -0.2) is 6.10 Å². The van der Waals surface area contributed by atoms with Crippen LogP contribution in [0.5, 0.6) is 0 Å². The molecular formula is C7H11O2-. The molecule has 0 aromatic carbocycles. The van der Waals surface area contributed by atoms with E-state index in [2.05, 4.69) is 4.89 Å². The molecule has 0 amide bonds. The zero-order valence-electron chi connectivity index (χ0n) is 5.70. The molecule has 0 aromatic rings. The molecule has 0 spiro atoms. The Kier molecular flexibility index (Phi) is 5.17. The summed E-state index contributed by atoms with van der Waals surface area (Å²) in [6.07, 6.45) is 6.86. The number of rotatable bonds is 3. The SMILES string of the molecule is C/C=C\C=C\[C@H](C)O[O-]. The highest BCUT2D eigenvalue weighted by Crippen LogP contribution is 1.87. The Labute approximate surface area is 55.4 Å². The first-order valence-corrected chi connectivity index (χ1v) is 2.89. The maximum atomic E-state index is 9.65. The lowest BCUT2D eigenvalue weighted by atomic mass is 10.3. The zero-order chi connectivity index (χ0) is 7.11. The molecule has 0 bridgehead atoms. The molecule has 0 aliphatic heterocycles. The van der Waals surface area contributed by atoms with Crippen molar-refractivity contribution in [3.8, 4) is 0 Å². The first kappa shape index (κ1) is 8.40. The van der Waals surface area contributed by atoms with Crippen molar-refractivity contribution >= 4 is 0 Å². The molecule has 2 heteroatoms. The number of hydrogen-bond donors (Lipinski definition) is 0. The first-order valence-electron chi connectivity index (χ1n) is 2.89. The maximum absolute atomic E-state index is 9.65. The molecule has 2 nitrogen and oxygen atoms in total. The molecule has 0 saturated heterocycles. The van der Waals surface area contributed by atoms with E-state index in [0.29, 0.717) is 0 Å². The smallest absolute Gasteiger partial charge is 0.0606 e. The molecule has 0 unspecified atom stereocenters. The van der Waals surface area contributed by atoms with E-state index in [1.807, 2.05) is 19.1 Å². The molecule has 0 rings (SSSR count). The van der Waals surface area contributed by atoms with Gasteiger partial charge in [0.15, 0.2) is 0 Å². The second-order valence-corrected chi connectivity index (χ2v) is 1.71. The molecule has 0 aliphatic rings. The molecule has 0 radical (unpaired) electrons. The van der Waals surface area contributed by atoms with Gasteiger partial charge in [-0.15, -0.1) is 0 Å². The predicted octanol–water partition coefficient (Wildman–Crippen LogP) is 0.799. The molecule has 9 heavy (non-hydrogen) atoms. The van der Waals surface area contributed by atoms with E-state index in [9.17, 15) is 5.26 Å². The Morgan fingerprint density at radius 1 is 1.44 bits per heavy atom. The van der Waals surface area contributed by atoms with Gasteiger partial charge in [0.1, 0.15) is 0 Å². The van der Waals surface area contributed by atoms with Gasteiger partial charge >= 0.3 is 0 Å². The fraction of sp³-hybridized carbons (Fsp3) is 0.429. The lowest BCUT2D eigenvalue weighted by Crippen LogP contribution is -2.13. The van der Waals surface area contributed by atoms with E-state index in [4.69, 9.17) is 0 Å². The Hall–Kier alpha value is -0.600. The van der Waals surface area contributed by atoms with Crippen molar-refractivity contribution in [1.29, 1.82) is 0 Å². The fourth-order valence-electron chi connectivity index (χ4n) is 0.364. The van der Waals surface area contributed by atoms with Gasteiger partial charge in [0.25, 0.3) is 0 Å². The Balaban J connectivity index is 3.43. The van der Waals surface area contributed by atoms with Crippen molar-refractivity contribution < 1.29 is 10.1 Å². The quantitative estimate of drug-likeness (QED) is 0.319. The van der Waals surface area contributed by atoms with Gasteiger partial charge in [-0.1, -0.05) is 24.3 Å². The van der Waals surface area contributed by atoms with Gasteiger partial charge in [-0.3, -0.25) is 0 Å². The first-order chi connectivity index (χ1) is 4.31. The summed E-state index contributed by atoms with van der Waals surface area (Å²) in [5.41, 5.74) is 0. The van der Waals surface area contributed by atoms with Crippen molar-refractivity contribution in [1.82, 2.24) is 0 Å². The second-order valence-electron chi connectivity index (χ2n) is 1.71. The standard InChI is InChI=1S/C7H12O2/c1-3-4-5-6-7(2)9-8/h3-8H,1-2H3/p-1/b4-3-,6-5+/t7-/m0/s1. The van der Waals surface area contributed by atoms with Crippen LogP contribution in [0.2, 0.25) is 0 Å². The summed E-state index contributed by atoms with van der Waals surface area (Å²) in [4.78, 5) is 3.73. The molecule has 0 N–H and O–H groups in total. The van der Waals surface area contributed by atoms with Gasteiger partial charge in [0.2, 0.25) is 0 Å². The topological polar surface area (TPSA) is 32.3 Å². The Bertz CT molecular complexity index is 105. The number of hydrogen-bond acceptors (Lipinski definition) is 2. The third kappa shape index (κ3) is 5.27. The van der Waals surface area contributed by atoms with E-state index >= 15 is 0 Å². The van der Waals surface area contributed by atoms with Crippen molar-refractivity contribution in [2.24, 2.45) is 0 Å². The highest BCUT2D eigenvalue weighted by Gasteiger charge is 1.82. The van der Waals surface area contributed by atoms with E-state index < -0.39 is 0 Å². The van der Waals surface area contributed by atoms with Gasteiger partial charge in [0.05, 0.1) is 6.10 Å². The van der Waals surface area contributed by atoms with Crippen LogP contribution in [0.25, 0.3) is 0 Å². The zero-order valence-corrected chi connectivity index (χ0v) is 5.70. The van der Waals surface area contributed by atoms with E-state index in [0.717, 1.165) is 0 Å². The van der Waals surface area contributed by atoms with Crippen LogP contribution in [0.3, 0.4) is 0 Å². The average molecular weight is 127 g/mol. The van der Waals surface area contributed by atoms with Crippen LogP contribution >= 0.6 is 0 Å². The van der Waals surface area contributed by atoms with Crippen LogP contribution in [-0.2, 0) is 4.89 Å². The molecule has 0 fully saturated rings. The fourth-order valence-corrected chi connectivity index (χ4v) is 0.364. The lowest BCUT2D eigenvalue weighted by molar-refractivity contribution is -0.697. The average Bonchev–Trinajstić information content (AvgIpc) is 1.89. The predicted molar refractivity (Wildman–Crippen MR) is 34.5 cm³/mol. The van der Waals surface area contributed by atoms with E-state index in [-0.39, 0.29) is 6.10 Å².